The van der Waals surface area contributed by atoms with E-state index in [1.807, 2.05) is 0 Å². The molecule has 1 atom stereocenters. The fourth-order valence-electron chi connectivity index (χ4n) is 3.52. The summed E-state index contributed by atoms with van der Waals surface area (Å²) < 4.78 is 0. The molecule has 0 heterocycles. The van der Waals surface area contributed by atoms with Crippen LogP contribution in [0.4, 0.5) is 11.4 Å². The van der Waals surface area contributed by atoms with Gasteiger partial charge in [0.2, 0.25) is 0 Å². The fraction of sp³-hybridized carbons (Fsp3) is 0.120. The monoisotopic (exact) mass is 337 g/mol. The zero-order chi connectivity index (χ0) is 17.9. The summed E-state index contributed by atoms with van der Waals surface area (Å²) in [6.07, 6.45) is 0. The van der Waals surface area contributed by atoms with E-state index in [1.165, 1.54) is 27.5 Å². The van der Waals surface area contributed by atoms with Gasteiger partial charge in [-0.2, -0.15) is 0 Å². The fourth-order valence-corrected chi connectivity index (χ4v) is 3.52. The first-order chi connectivity index (χ1) is 12.7. The first-order valence-corrected chi connectivity index (χ1v) is 9.12. The van der Waals surface area contributed by atoms with Gasteiger partial charge in [0, 0.05) is 22.7 Å². The lowest BCUT2D eigenvalue weighted by Gasteiger charge is -2.18. The Hall–Kier alpha value is -3.06. The van der Waals surface area contributed by atoms with E-state index in [-0.39, 0.29) is 0 Å². The Balaban J connectivity index is 1.77. The number of hydrogen-bond acceptors (Lipinski definition) is 1. The first kappa shape index (κ1) is 16.4. The Labute approximate surface area is 155 Å². The van der Waals surface area contributed by atoms with Crippen LogP contribution in [0.15, 0.2) is 91.0 Å². The van der Waals surface area contributed by atoms with Crippen LogP contribution >= 0.6 is 0 Å². The van der Waals surface area contributed by atoms with Gasteiger partial charge in [-0.25, -0.2) is 0 Å². The van der Waals surface area contributed by atoms with Crippen LogP contribution in [-0.2, 0) is 0 Å². The molecule has 4 aromatic rings. The van der Waals surface area contributed by atoms with Crippen molar-refractivity contribution in [1.29, 1.82) is 0 Å². The summed E-state index contributed by atoms with van der Waals surface area (Å²) >= 11 is 0. The van der Waals surface area contributed by atoms with Gasteiger partial charge in [-0.1, -0.05) is 85.3 Å². The van der Waals surface area contributed by atoms with Crippen LogP contribution in [0.5, 0.6) is 0 Å². The van der Waals surface area contributed by atoms with Crippen molar-refractivity contribution < 1.29 is 0 Å². The molecule has 26 heavy (non-hydrogen) atoms. The smallest absolute Gasteiger partial charge is 0.0464 e. The van der Waals surface area contributed by atoms with Crippen molar-refractivity contribution in [3.05, 3.63) is 108 Å². The lowest BCUT2D eigenvalue weighted by atomic mass is 9.89. The summed E-state index contributed by atoms with van der Waals surface area (Å²) in [7, 11) is 0. The van der Waals surface area contributed by atoms with Crippen molar-refractivity contribution in [3.8, 4) is 0 Å². The summed E-state index contributed by atoms with van der Waals surface area (Å²) in [4.78, 5) is 0. The predicted octanol–water partition coefficient (Wildman–Crippen LogP) is 7.04. The molecule has 1 nitrogen and oxygen atoms in total. The van der Waals surface area contributed by atoms with Crippen LogP contribution in [-0.4, -0.2) is 0 Å². The number of nitrogens with one attached hydrogen (secondary N) is 1. The third-order valence-electron chi connectivity index (χ3n) is 5.05. The maximum absolute atomic E-state index is 3.58. The highest BCUT2D eigenvalue weighted by Gasteiger charge is 2.13. The van der Waals surface area contributed by atoms with E-state index in [9.17, 15) is 0 Å². The average molecular weight is 337 g/mol. The molecule has 0 spiro atoms. The lowest BCUT2D eigenvalue weighted by molar-refractivity contribution is 0.933. The first-order valence-electron chi connectivity index (χ1n) is 9.12. The van der Waals surface area contributed by atoms with Crippen LogP contribution in [0.3, 0.4) is 0 Å². The summed E-state index contributed by atoms with van der Waals surface area (Å²) in [5.41, 5.74) is 6.24. The molecule has 128 valence electrons. The zero-order valence-electron chi connectivity index (χ0n) is 15.2. The van der Waals surface area contributed by atoms with Crippen molar-refractivity contribution in [2.75, 3.05) is 5.32 Å². The van der Waals surface area contributed by atoms with Crippen LogP contribution in [0, 0.1) is 6.92 Å². The highest BCUT2D eigenvalue weighted by Crippen LogP contribution is 2.35. The number of fused-ring (bicyclic) bond motifs is 1. The van der Waals surface area contributed by atoms with Gasteiger partial charge in [-0.05, 0) is 41.6 Å². The largest absolute Gasteiger partial charge is 0.355 e. The Morgan fingerprint density at radius 1 is 0.654 bits per heavy atom. The molecule has 4 aromatic carbocycles. The summed E-state index contributed by atoms with van der Waals surface area (Å²) in [5.74, 6) is 0.356. The van der Waals surface area contributed by atoms with Gasteiger partial charge >= 0.3 is 0 Å². The van der Waals surface area contributed by atoms with Crippen LogP contribution in [0.25, 0.3) is 10.8 Å². The molecule has 1 heteroatoms. The molecule has 0 fully saturated rings. The topological polar surface area (TPSA) is 12.0 Å². The zero-order valence-corrected chi connectivity index (χ0v) is 15.2. The molecule has 0 aromatic heterocycles. The van der Waals surface area contributed by atoms with Gasteiger partial charge in [-0.15, -0.1) is 0 Å². The minimum atomic E-state index is 0.356. The van der Waals surface area contributed by atoms with Crippen LogP contribution in [0.1, 0.15) is 29.5 Å². The highest BCUT2D eigenvalue weighted by atomic mass is 14.9. The second-order valence-electron chi connectivity index (χ2n) is 6.87. The number of aryl methyl sites for hydroxylation is 1. The van der Waals surface area contributed by atoms with Crippen molar-refractivity contribution >= 4 is 22.1 Å². The maximum atomic E-state index is 3.58. The van der Waals surface area contributed by atoms with Gasteiger partial charge in [-0.3, -0.25) is 0 Å². The highest BCUT2D eigenvalue weighted by molar-refractivity contribution is 5.98. The Morgan fingerprint density at radius 3 is 2.04 bits per heavy atom. The van der Waals surface area contributed by atoms with Gasteiger partial charge in [0.15, 0.2) is 0 Å². The molecule has 0 aliphatic carbocycles. The van der Waals surface area contributed by atoms with Gasteiger partial charge in [0.1, 0.15) is 0 Å². The Bertz CT molecular complexity index is 1020. The lowest BCUT2D eigenvalue weighted by Crippen LogP contribution is -1.99. The number of anilines is 2. The van der Waals surface area contributed by atoms with Gasteiger partial charge in [0.25, 0.3) is 0 Å². The van der Waals surface area contributed by atoms with Crippen molar-refractivity contribution in [3.63, 3.8) is 0 Å². The Kier molecular flexibility index (Phi) is 4.45. The normalized spacial score (nSPS) is 12.1. The molecule has 1 N–H and O–H groups in total. The molecule has 0 saturated carbocycles. The molecule has 0 bridgehead atoms. The molecular weight excluding hydrogens is 314 g/mol. The summed E-state index contributed by atoms with van der Waals surface area (Å²) in [6, 6.07) is 32.4. The molecule has 0 aliphatic rings. The molecule has 4 rings (SSSR count). The van der Waals surface area contributed by atoms with Crippen LogP contribution in [0.2, 0.25) is 0 Å². The van der Waals surface area contributed by atoms with E-state index in [2.05, 4.69) is 110 Å². The summed E-state index contributed by atoms with van der Waals surface area (Å²) in [6.45, 7) is 4.39. The molecule has 0 aliphatic heterocycles. The molecular formula is C25H23N. The van der Waals surface area contributed by atoms with Crippen molar-refractivity contribution in [2.24, 2.45) is 0 Å². The van der Waals surface area contributed by atoms with E-state index in [0.717, 1.165) is 11.4 Å². The van der Waals surface area contributed by atoms with E-state index >= 15 is 0 Å². The van der Waals surface area contributed by atoms with Gasteiger partial charge < -0.3 is 5.32 Å². The SMILES string of the molecule is Cc1ccc(Nc2ccc(C(C)c3ccccc3)c3ccccc23)cc1. The number of rotatable bonds is 4. The molecule has 0 saturated heterocycles. The average Bonchev–Trinajstić information content (AvgIpc) is 2.70. The number of hydrogen-bond donors (Lipinski definition) is 1. The second kappa shape index (κ2) is 7.05. The van der Waals surface area contributed by atoms with Crippen LogP contribution < -0.4 is 5.32 Å². The third-order valence-corrected chi connectivity index (χ3v) is 5.05. The molecule has 0 radical (unpaired) electrons. The third kappa shape index (κ3) is 3.21. The molecule has 0 amide bonds. The van der Waals surface area contributed by atoms with E-state index in [1.54, 1.807) is 0 Å². The van der Waals surface area contributed by atoms with Crippen molar-refractivity contribution in [1.82, 2.24) is 0 Å². The van der Waals surface area contributed by atoms with E-state index in [0.29, 0.717) is 5.92 Å². The minimum absolute atomic E-state index is 0.356. The predicted molar refractivity (Wildman–Crippen MR) is 112 cm³/mol. The van der Waals surface area contributed by atoms with Crippen molar-refractivity contribution in [2.45, 2.75) is 19.8 Å². The minimum Gasteiger partial charge on any atom is -0.355 e. The quantitative estimate of drug-likeness (QED) is 0.421. The Morgan fingerprint density at radius 2 is 1.31 bits per heavy atom. The standard InChI is InChI=1S/C25H23N/c1-18-12-14-21(15-13-18)26-25-17-16-22(23-10-6-7-11-24(23)25)19(2)20-8-4-3-5-9-20/h3-17,19,26H,1-2H3. The maximum Gasteiger partial charge on any atom is 0.0464 e. The van der Waals surface area contributed by atoms with Gasteiger partial charge in [0.05, 0.1) is 0 Å². The second-order valence-corrected chi connectivity index (χ2v) is 6.87. The van der Waals surface area contributed by atoms with E-state index < -0.39 is 0 Å². The summed E-state index contributed by atoms with van der Waals surface area (Å²) in [5, 5.41) is 6.14. The molecule has 1 unspecified atom stereocenters. The van der Waals surface area contributed by atoms with E-state index in [4.69, 9.17) is 0 Å². The number of benzene rings is 4.